The standard InChI is InChI=1S/C15H26N2O/c18-15(13-3-1-2-4-13)17-10-7-14(11-17)12-5-8-16-9-6-12/h12-14,16H,1-11H2. The van der Waals surface area contributed by atoms with Crippen molar-refractivity contribution in [3.8, 4) is 0 Å². The third-order valence-corrected chi connectivity index (χ3v) is 5.29. The van der Waals surface area contributed by atoms with E-state index < -0.39 is 0 Å². The maximum Gasteiger partial charge on any atom is 0.225 e. The molecule has 3 fully saturated rings. The van der Waals surface area contributed by atoms with Crippen LogP contribution in [0.15, 0.2) is 0 Å². The Kier molecular flexibility index (Phi) is 3.88. The summed E-state index contributed by atoms with van der Waals surface area (Å²) in [7, 11) is 0. The van der Waals surface area contributed by atoms with Crippen molar-refractivity contribution in [3.05, 3.63) is 0 Å². The zero-order valence-electron chi connectivity index (χ0n) is 11.4. The number of hydrogen-bond acceptors (Lipinski definition) is 2. The van der Waals surface area contributed by atoms with E-state index in [2.05, 4.69) is 10.2 Å². The van der Waals surface area contributed by atoms with Crippen LogP contribution in [0.1, 0.15) is 44.9 Å². The normalized spacial score (nSPS) is 31.1. The predicted octanol–water partition coefficient (Wildman–Crippen LogP) is 2.02. The Morgan fingerprint density at radius 1 is 0.944 bits per heavy atom. The van der Waals surface area contributed by atoms with Gasteiger partial charge in [0.15, 0.2) is 0 Å². The second kappa shape index (κ2) is 5.60. The average Bonchev–Trinajstić information content (AvgIpc) is 3.10. The molecule has 1 unspecified atom stereocenters. The van der Waals surface area contributed by atoms with Crippen LogP contribution in [0.4, 0.5) is 0 Å². The number of amides is 1. The van der Waals surface area contributed by atoms with E-state index in [1.165, 1.54) is 45.2 Å². The Bertz CT molecular complexity index is 293. The smallest absolute Gasteiger partial charge is 0.225 e. The van der Waals surface area contributed by atoms with E-state index >= 15 is 0 Å². The number of carbonyl (C=O) groups is 1. The van der Waals surface area contributed by atoms with Gasteiger partial charge in [0.1, 0.15) is 0 Å². The van der Waals surface area contributed by atoms with Crippen LogP contribution in [0.3, 0.4) is 0 Å². The van der Waals surface area contributed by atoms with Crippen LogP contribution < -0.4 is 5.32 Å². The molecule has 1 aliphatic carbocycles. The van der Waals surface area contributed by atoms with Crippen molar-refractivity contribution in [2.75, 3.05) is 26.2 Å². The molecule has 1 saturated carbocycles. The summed E-state index contributed by atoms with van der Waals surface area (Å²) in [6.07, 6.45) is 8.71. The second-order valence-electron chi connectivity index (χ2n) is 6.40. The van der Waals surface area contributed by atoms with Crippen molar-refractivity contribution < 1.29 is 4.79 Å². The average molecular weight is 250 g/mol. The van der Waals surface area contributed by atoms with Gasteiger partial charge in [0.25, 0.3) is 0 Å². The van der Waals surface area contributed by atoms with Gasteiger partial charge in [-0.3, -0.25) is 4.79 Å². The van der Waals surface area contributed by atoms with Crippen LogP contribution >= 0.6 is 0 Å². The zero-order chi connectivity index (χ0) is 12.4. The first kappa shape index (κ1) is 12.5. The lowest BCUT2D eigenvalue weighted by Crippen LogP contribution is -2.36. The quantitative estimate of drug-likeness (QED) is 0.813. The van der Waals surface area contributed by atoms with Gasteiger partial charge in [-0.05, 0) is 57.0 Å². The highest BCUT2D eigenvalue weighted by Crippen LogP contribution is 2.33. The molecule has 2 aliphatic heterocycles. The Morgan fingerprint density at radius 2 is 1.67 bits per heavy atom. The molecule has 3 rings (SSSR count). The lowest BCUT2D eigenvalue weighted by molar-refractivity contribution is -0.134. The fraction of sp³-hybridized carbons (Fsp3) is 0.933. The molecular formula is C15H26N2O. The molecule has 1 atom stereocenters. The van der Waals surface area contributed by atoms with E-state index in [0.29, 0.717) is 11.8 Å². The van der Waals surface area contributed by atoms with E-state index in [1.54, 1.807) is 0 Å². The molecule has 1 N–H and O–H groups in total. The molecule has 18 heavy (non-hydrogen) atoms. The number of carbonyl (C=O) groups excluding carboxylic acids is 1. The first-order valence-electron chi connectivity index (χ1n) is 7.84. The molecule has 0 bridgehead atoms. The van der Waals surface area contributed by atoms with Crippen molar-refractivity contribution in [2.24, 2.45) is 17.8 Å². The summed E-state index contributed by atoms with van der Waals surface area (Å²) in [5.41, 5.74) is 0. The van der Waals surface area contributed by atoms with Crippen molar-refractivity contribution >= 4 is 5.91 Å². The molecule has 0 spiro atoms. The van der Waals surface area contributed by atoms with E-state index in [4.69, 9.17) is 0 Å². The summed E-state index contributed by atoms with van der Waals surface area (Å²) in [6, 6.07) is 0. The number of nitrogens with one attached hydrogen (secondary N) is 1. The Balaban J connectivity index is 1.52. The number of likely N-dealkylation sites (tertiary alicyclic amines) is 1. The van der Waals surface area contributed by atoms with Gasteiger partial charge in [-0.1, -0.05) is 12.8 Å². The van der Waals surface area contributed by atoms with E-state index in [1.807, 2.05) is 0 Å². The van der Waals surface area contributed by atoms with Gasteiger partial charge in [0, 0.05) is 19.0 Å². The first-order valence-corrected chi connectivity index (χ1v) is 7.84. The number of nitrogens with zero attached hydrogens (tertiary/aromatic N) is 1. The van der Waals surface area contributed by atoms with E-state index in [-0.39, 0.29) is 0 Å². The minimum absolute atomic E-state index is 0.372. The SMILES string of the molecule is O=C(C1CCCC1)N1CCC(C2CCNCC2)C1. The van der Waals surface area contributed by atoms with Crippen LogP contribution in [0.5, 0.6) is 0 Å². The topological polar surface area (TPSA) is 32.3 Å². The van der Waals surface area contributed by atoms with E-state index in [9.17, 15) is 4.79 Å². The van der Waals surface area contributed by atoms with Gasteiger partial charge in [0.2, 0.25) is 5.91 Å². The summed E-state index contributed by atoms with van der Waals surface area (Å²) in [5.74, 6) is 2.51. The Labute approximate surface area is 110 Å². The highest BCUT2D eigenvalue weighted by atomic mass is 16.2. The van der Waals surface area contributed by atoms with Gasteiger partial charge in [-0.25, -0.2) is 0 Å². The van der Waals surface area contributed by atoms with Gasteiger partial charge >= 0.3 is 0 Å². The summed E-state index contributed by atoms with van der Waals surface area (Å²) in [5, 5.41) is 3.44. The van der Waals surface area contributed by atoms with E-state index in [0.717, 1.165) is 37.8 Å². The monoisotopic (exact) mass is 250 g/mol. The summed E-state index contributed by atoms with van der Waals surface area (Å²) < 4.78 is 0. The molecule has 0 aromatic rings. The predicted molar refractivity (Wildman–Crippen MR) is 72.2 cm³/mol. The summed E-state index contributed by atoms with van der Waals surface area (Å²) >= 11 is 0. The second-order valence-corrected chi connectivity index (χ2v) is 6.40. The molecule has 3 heteroatoms. The summed E-state index contributed by atoms with van der Waals surface area (Å²) in [6.45, 7) is 4.44. The summed E-state index contributed by atoms with van der Waals surface area (Å²) in [4.78, 5) is 14.6. The van der Waals surface area contributed by atoms with Crippen LogP contribution in [-0.4, -0.2) is 37.0 Å². The Morgan fingerprint density at radius 3 is 2.39 bits per heavy atom. The number of rotatable bonds is 2. The van der Waals surface area contributed by atoms with Crippen molar-refractivity contribution in [3.63, 3.8) is 0 Å². The fourth-order valence-corrected chi connectivity index (χ4v) is 4.12. The largest absolute Gasteiger partial charge is 0.342 e. The molecule has 0 aromatic carbocycles. The third kappa shape index (κ3) is 2.56. The highest BCUT2D eigenvalue weighted by Gasteiger charge is 2.35. The molecule has 3 aliphatic rings. The highest BCUT2D eigenvalue weighted by molar-refractivity contribution is 5.79. The third-order valence-electron chi connectivity index (χ3n) is 5.29. The molecule has 2 heterocycles. The van der Waals surface area contributed by atoms with Crippen LogP contribution in [0.2, 0.25) is 0 Å². The van der Waals surface area contributed by atoms with Crippen LogP contribution in [0.25, 0.3) is 0 Å². The maximum absolute atomic E-state index is 12.4. The van der Waals surface area contributed by atoms with Crippen molar-refractivity contribution in [1.82, 2.24) is 10.2 Å². The molecule has 0 aromatic heterocycles. The van der Waals surface area contributed by atoms with Gasteiger partial charge in [-0.15, -0.1) is 0 Å². The van der Waals surface area contributed by atoms with Crippen LogP contribution in [0, 0.1) is 17.8 Å². The molecule has 3 nitrogen and oxygen atoms in total. The minimum atomic E-state index is 0.372. The first-order chi connectivity index (χ1) is 8.84. The Hall–Kier alpha value is -0.570. The van der Waals surface area contributed by atoms with Crippen LogP contribution in [-0.2, 0) is 4.79 Å². The molecule has 102 valence electrons. The van der Waals surface area contributed by atoms with Crippen molar-refractivity contribution in [1.29, 1.82) is 0 Å². The zero-order valence-corrected chi connectivity index (χ0v) is 11.4. The van der Waals surface area contributed by atoms with Crippen molar-refractivity contribution in [2.45, 2.75) is 44.9 Å². The lowest BCUT2D eigenvalue weighted by Gasteiger charge is -2.28. The van der Waals surface area contributed by atoms with Gasteiger partial charge < -0.3 is 10.2 Å². The number of hydrogen-bond donors (Lipinski definition) is 1. The lowest BCUT2D eigenvalue weighted by atomic mass is 9.84. The number of piperidine rings is 1. The maximum atomic E-state index is 12.4. The molecular weight excluding hydrogens is 224 g/mol. The minimum Gasteiger partial charge on any atom is -0.342 e. The molecule has 2 saturated heterocycles. The molecule has 0 radical (unpaired) electrons. The molecule has 1 amide bonds. The fourth-order valence-electron chi connectivity index (χ4n) is 4.12. The van der Waals surface area contributed by atoms with Gasteiger partial charge in [0.05, 0.1) is 0 Å². The van der Waals surface area contributed by atoms with Gasteiger partial charge in [-0.2, -0.15) is 0 Å².